The molecule has 0 aliphatic carbocycles. The Kier molecular flexibility index (Phi) is 5.17. The lowest BCUT2D eigenvalue weighted by Gasteiger charge is -2.26. The number of nitrogens with zero attached hydrogens (tertiary/aromatic N) is 3. The minimum Gasteiger partial charge on any atom is -0.497 e. The molecule has 2 aromatic heterocycles. The number of urea groups is 1. The summed E-state index contributed by atoms with van der Waals surface area (Å²) >= 11 is 1.36. The van der Waals surface area contributed by atoms with Crippen LogP contribution in [0, 0.1) is 6.92 Å². The average molecular weight is 413 g/mol. The van der Waals surface area contributed by atoms with Gasteiger partial charge in [-0.25, -0.2) is 9.78 Å². The third-order valence-corrected chi connectivity index (χ3v) is 5.44. The van der Waals surface area contributed by atoms with Crippen LogP contribution in [0.25, 0.3) is 0 Å². The summed E-state index contributed by atoms with van der Waals surface area (Å²) in [7, 11) is 1.59. The number of aromatic nitrogens is 2. The third kappa shape index (κ3) is 4.21. The number of anilines is 2. The van der Waals surface area contributed by atoms with E-state index in [1.165, 1.54) is 11.3 Å². The summed E-state index contributed by atoms with van der Waals surface area (Å²) in [5.41, 5.74) is 1.80. The summed E-state index contributed by atoms with van der Waals surface area (Å²) in [5.74, 6) is 0.916. The summed E-state index contributed by atoms with van der Waals surface area (Å²) in [6.45, 7) is 2.71. The Labute approximate surface area is 170 Å². The van der Waals surface area contributed by atoms with Gasteiger partial charge in [0.1, 0.15) is 11.5 Å². The molecular weight excluding hydrogens is 394 g/mol. The van der Waals surface area contributed by atoms with Crippen molar-refractivity contribution in [1.82, 2.24) is 15.0 Å². The molecule has 2 N–H and O–H groups in total. The van der Waals surface area contributed by atoms with Crippen molar-refractivity contribution in [2.45, 2.75) is 19.9 Å². The van der Waals surface area contributed by atoms with E-state index in [1.54, 1.807) is 49.3 Å². The molecule has 0 bridgehead atoms. The first-order valence-electron chi connectivity index (χ1n) is 8.95. The fraction of sp³-hybridized carbons (Fsp3) is 0.263. The van der Waals surface area contributed by atoms with Crippen LogP contribution in [-0.2, 0) is 13.0 Å². The van der Waals surface area contributed by atoms with Crippen molar-refractivity contribution >= 4 is 34.1 Å². The number of ether oxygens (including phenoxy) is 1. The predicted molar refractivity (Wildman–Crippen MR) is 107 cm³/mol. The molecule has 3 heterocycles. The first-order chi connectivity index (χ1) is 14.0. The van der Waals surface area contributed by atoms with Gasteiger partial charge < -0.3 is 19.5 Å². The quantitative estimate of drug-likeness (QED) is 0.679. The highest BCUT2D eigenvalue weighted by molar-refractivity contribution is 7.15. The topological polar surface area (TPSA) is 110 Å². The fourth-order valence-corrected chi connectivity index (χ4v) is 3.95. The number of hydrogen-bond donors (Lipinski definition) is 2. The number of carbonyl (C=O) groups excluding carboxylic acids is 2. The van der Waals surface area contributed by atoms with Crippen molar-refractivity contribution in [2.24, 2.45) is 0 Å². The number of amides is 3. The number of aryl methyl sites for hydroxylation is 1. The van der Waals surface area contributed by atoms with Crippen LogP contribution in [0.1, 0.15) is 26.8 Å². The van der Waals surface area contributed by atoms with E-state index in [-0.39, 0.29) is 17.6 Å². The maximum absolute atomic E-state index is 12.6. The van der Waals surface area contributed by atoms with E-state index in [2.05, 4.69) is 20.8 Å². The lowest BCUT2D eigenvalue weighted by atomic mass is 10.2. The van der Waals surface area contributed by atoms with Gasteiger partial charge in [0.15, 0.2) is 10.8 Å². The van der Waals surface area contributed by atoms with Crippen LogP contribution in [-0.4, -0.2) is 40.6 Å². The standard InChI is InChI=1S/C19H19N5O4S/c1-11-9-15(23-28-11)17(25)22-18-21-14-7-8-24(10-16(14)29-18)19(26)20-12-3-5-13(27-2)6-4-12/h3-6,9H,7-8,10H2,1-2H3,(H,20,26)(H,21,22,25). The zero-order valence-corrected chi connectivity index (χ0v) is 16.7. The highest BCUT2D eigenvalue weighted by Crippen LogP contribution is 2.29. The molecule has 0 radical (unpaired) electrons. The second-order valence-corrected chi connectivity index (χ2v) is 7.58. The van der Waals surface area contributed by atoms with Crippen LogP contribution in [0.15, 0.2) is 34.9 Å². The van der Waals surface area contributed by atoms with E-state index in [9.17, 15) is 9.59 Å². The number of rotatable bonds is 4. The minimum atomic E-state index is -0.373. The molecule has 3 aromatic rings. The SMILES string of the molecule is COc1ccc(NC(=O)N2CCc3nc(NC(=O)c4cc(C)on4)sc3C2)cc1. The van der Waals surface area contributed by atoms with E-state index in [4.69, 9.17) is 9.26 Å². The maximum atomic E-state index is 12.6. The zero-order valence-electron chi connectivity index (χ0n) is 15.9. The summed E-state index contributed by atoms with van der Waals surface area (Å²) in [5, 5.41) is 9.81. The number of fused-ring (bicyclic) bond motifs is 1. The Hall–Kier alpha value is -3.40. The molecule has 3 amide bonds. The van der Waals surface area contributed by atoms with Crippen molar-refractivity contribution in [3.63, 3.8) is 0 Å². The molecule has 4 rings (SSSR count). The molecule has 1 aromatic carbocycles. The number of carbonyl (C=O) groups is 2. The molecule has 9 nitrogen and oxygen atoms in total. The highest BCUT2D eigenvalue weighted by atomic mass is 32.1. The summed E-state index contributed by atoms with van der Waals surface area (Å²) in [6, 6.07) is 8.54. The van der Waals surface area contributed by atoms with Crippen LogP contribution in [0.4, 0.5) is 15.6 Å². The lowest BCUT2D eigenvalue weighted by molar-refractivity contribution is 0.101. The van der Waals surface area contributed by atoms with E-state index in [1.807, 2.05) is 0 Å². The Balaban J connectivity index is 1.39. The summed E-state index contributed by atoms with van der Waals surface area (Å²) in [6.07, 6.45) is 0.626. The number of thiazole rings is 1. The molecule has 150 valence electrons. The largest absolute Gasteiger partial charge is 0.497 e. The van der Waals surface area contributed by atoms with E-state index in [0.717, 1.165) is 16.3 Å². The summed E-state index contributed by atoms with van der Waals surface area (Å²) in [4.78, 5) is 31.9. The molecule has 0 atom stereocenters. The van der Waals surface area contributed by atoms with Crippen LogP contribution in [0.2, 0.25) is 0 Å². The van der Waals surface area contributed by atoms with Gasteiger partial charge in [-0.15, -0.1) is 0 Å². The molecule has 0 saturated heterocycles. The van der Waals surface area contributed by atoms with Crippen LogP contribution in [0.5, 0.6) is 5.75 Å². The van der Waals surface area contributed by atoms with Gasteiger partial charge in [0, 0.05) is 29.6 Å². The Morgan fingerprint density at radius 2 is 2.03 bits per heavy atom. The van der Waals surface area contributed by atoms with E-state index < -0.39 is 0 Å². The molecule has 1 aliphatic heterocycles. The molecule has 0 unspecified atom stereocenters. The van der Waals surface area contributed by atoms with E-state index in [0.29, 0.717) is 36.1 Å². The molecule has 0 saturated carbocycles. The molecule has 1 aliphatic rings. The van der Waals surface area contributed by atoms with Crippen molar-refractivity contribution in [3.05, 3.63) is 52.4 Å². The number of methoxy groups -OCH3 is 1. The van der Waals surface area contributed by atoms with Gasteiger partial charge in [-0.2, -0.15) is 0 Å². The van der Waals surface area contributed by atoms with Gasteiger partial charge in [-0.1, -0.05) is 16.5 Å². The van der Waals surface area contributed by atoms with Crippen LogP contribution < -0.4 is 15.4 Å². The highest BCUT2D eigenvalue weighted by Gasteiger charge is 2.25. The van der Waals surface area contributed by atoms with Crippen molar-refractivity contribution in [2.75, 3.05) is 24.3 Å². The van der Waals surface area contributed by atoms with Crippen LogP contribution in [0.3, 0.4) is 0 Å². The second kappa shape index (κ2) is 7.92. The minimum absolute atomic E-state index is 0.183. The van der Waals surface area contributed by atoms with E-state index >= 15 is 0 Å². The first-order valence-corrected chi connectivity index (χ1v) is 9.76. The Bertz CT molecular complexity index is 1040. The zero-order chi connectivity index (χ0) is 20.4. The van der Waals surface area contributed by atoms with Crippen molar-refractivity contribution in [1.29, 1.82) is 0 Å². The smallest absolute Gasteiger partial charge is 0.322 e. The predicted octanol–water partition coefficient (Wildman–Crippen LogP) is 3.29. The van der Waals surface area contributed by atoms with Gasteiger partial charge in [0.05, 0.1) is 19.3 Å². The molecule has 0 spiro atoms. The first kappa shape index (κ1) is 18.9. The molecular formula is C19H19N5O4S. The normalized spacial score (nSPS) is 13.0. The lowest BCUT2D eigenvalue weighted by Crippen LogP contribution is -2.38. The Morgan fingerprint density at radius 3 is 2.72 bits per heavy atom. The second-order valence-electron chi connectivity index (χ2n) is 6.50. The summed E-state index contributed by atoms with van der Waals surface area (Å²) < 4.78 is 10.0. The number of hydrogen-bond acceptors (Lipinski definition) is 7. The molecule has 29 heavy (non-hydrogen) atoms. The Morgan fingerprint density at radius 1 is 1.24 bits per heavy atom. The van der Waals surface area contributed by atoms with Gasteiger partial charge in [0.25, 0.3) is 5.91 Å². The maximum Gasteiger partial charge on any atom is 0.322 e. The van der Waals surface area contributed by atoms with Crippen molar-refractivity contribution < 1.29 is 18.8 Å². The monoisotopic (exact) mass is 413 g/mol. The average Bonchev–Trinajstić information content (AvgIpc) is 3.33. The van der Waals surface area contributed by atoms with Gasteiger partial charge >= 0.3 is 6.03 Å². The molecule has 10 heteroatoms. The fourth-order valence-electron chi connectivity index (χ4n) is 2.93. The van der Waals surface area contributed by atoms with Gasteiger partial charge in [-0.05, 0) is 31.2 Å². The van der Waals surface area contributed by atoms with Crippen LogP contribution >= 0.6 is 11.3 Å². The number of nitrogens with one attached hydrogen (secondary N) is 2. The number of benzene rings is 1. The molecule has 0 fully saturated rings. The third-order valence-electron chi connectivity index (χ3n) is 4.44. The van der Waals surface area contributed by atoms with Crippen molar-refractivity contribution in [3.8, 4) is 5.75 Å². The van der Waals surface area contributed by atoms with Gasteiger partial charge in [0.2, 0.25) is 0 Å². The van der Waals surface area contributed by atoms with Gasteiger partial charge in [-0.3, -0.25) is 10.1 Å².